The molecule has 1 amide bonds. The van der Waals surface area contributed by atoms with Crippen LogP contribution in [0.5, 0.6) is 5.75 Å². The van der Waals surface area contributed by atoms with Crippen LogP contribution in [0.25, 0.3) is 11.0 Å². The van der Waals surface area contributed by atoms with Gasteiger partial charge in [0, 0.05) is 17.3 Å². The number of hydrogen-bond acceptors (Lipinski definition) is 5. The number of nitrogens with zero attached hydrogens (tertiary/aromatic N) is 2. The van der Waals surface area contributed by atoms with Gasteiger partial charge in [-0.3, -0.25) is 9.59 Å². The van der Waals surface area contributed by atoms with Crippen LogP contribution in [0.15, 0.2) is 78.9 Å². The van der Waals surface area contributed by atoms with Gasteiger partial charge in [-0.15, -0.1) is 0 Å². The zero-order valence-corrected chi connectivity index (χ0v) is 18.5. The summed E-state index contributed by atoms with van der Waals surface area (Å²) in [5, 5.41) is 2.65. The Morgan fingerprint density at radius 1 is 1.00 bits per heavy atom. The SMILES string of the molecule is COc1cccc(NC(=O)[C@@H](OC(=O)Cn2c(C(F)(F)F)nc3ccccc32)c2ccccc2)c1. The molecule has 0 unspecified atom stereocenters. The Labute approximate surface area is 198 Å². The number of amides is 1. The predicted octanol–water partition coefficient (Wildman–Crippen LogP) is 4.99. The monoisotopic (exact) mass is 483 g/mol. The molecule has 4 rings (SSSR count). The number of benzene rings is 3. The van der Waals surface area contributed by atoms with Gasteiger partial charge < -0.3 is 19.4 Å². The number of halogens is 3. The Kier molecular flexibility index (Phi) is 6.72. The normalized spacial score (nSPS) is 12.2. The molecule has 0 radical (unpaired) electrons. The van der Waals surface area contributed by atoms with Crippen molar-refractivity contribution in [2.24, 2.45) is 0 Å². The van der Waals surface area contributed by atoms with Crippen molar-refractivity contribution in [2.75, 3.05) is 12.4 Å². The van der Waals surface area contributed by atoms with Gasteiger partial charge >= 0.3 is 12.1 Å². The molecule has 0 bridgehead atoms. The molecule has 1 heterocycles. The number of hydrogen-bond donors (Lipinski definition) is 1. The van der Waals surface area contributed by atoms with Crippen LogP contribution >= 0.6 is 0 Å². The lowest BCUT2D eigenvalue weighted by molar-refractivity contribution is -0.157. The second-order valence-electron chi connectivity index (χ2n) is 7.51. The van der Waals surface area contributed by atoms with Crippen LogP contribution in [-0.4, -0.2) is 28.5 Å². The molecular formula is C25H20F3N3O4. The number of anilines is 1. The number of fused-ring (bicyclic) bond motifs is 1. The molecule has 0 fully saturated rings. The lowest BCUT2D eigenvalue weighted by Crippen LogP contribution is -2.28. The molecule has 3 aromatic carbocycles. The van der Waals surface area contributed by atoms with E-state index in [4.69, 9.17) is 9.47 Å². The number of aromatic nitrogens is 2. The third-order valence-corrected chi connectivity index (χ3v) is 5.12. The fraction of sp³-hybridized carbons (Fsp3) is 0.160. The van der Waals surface area contributed by atoms with Gasteiger partial charge in [-0.05, 0) is 24.3 Å². The van der Waals surface area contributed by atoms with Crippen molar-refractivity contribution in [3.05, 3.63) is 90.3 Å². The Morgan fingerprint density at radius 3 is 2.43 bits per heavy atom. The number of esters is 1. The average molecular weight is 483 g/mol. The number of nitrogens with one attached hydrogen (secondary N) is 1. The number of carbonyl (C=O) groups excluding carboxylic acids is 2. The smallest absolute Gasteiger partial charge is 0.449 e. The van der Waals surface area contributed by atoms with Crippen molar-refractivity contribution in [1.82, 2.24) is 9.55 Å². The van der Waals surface area contributed by atoms with E-state index in [-0.39, 0.29) is 11.0 Å². The van der Waals surface area contributed by atoms with Crippen LogP contribution in [-0.2, 0) is 27.0 Å². The van der Waals surface area contributed by atoms with Gasteiger partial charge in [-0.25, -0.2) is 4.98 Å². The zero-order chi connectivity index (χ0) is 25.0. The number of imidazole rings is 1. The highest BCUT2D eigenvalue weighted by atomic mass is 19.4. The van der Waals surface area contributed by atoms with Crippen molar-refractivity contribution in [2.45, 2.75) is 18.8 Å². The standard InChI is InChI=1S/C25H20F3N3O4/c1-34-18-11-7-10-17(14-18)29-23(33)22(16-8-3-2-4-9-16)35-21(32)15-31-20-13-6-5-12-19(20)30-24(31)25(26,27)28/h2-14,22H,15H2,1H3,(H,29,33)/t22-/m0/s1. The Morgan fingerprint density at radius 2 is 1.71 bits per heavy atom. The zero-order valence-electron chi connectivity index (χ0n) is 18.5. The largest absolute Gasteiger partial charge is 0.497 e. The van der Waals surface area contributed by atoms with Gasteiger partial charge in [-0.1, -0.05) is 48.5 Å². The maximum atomic E-state index is 13.6. The van der Waals surface area contributed by atoms with Crippen molar-refractivity contribution >= 4 is 28.6 Å². The van der Waals surface area contributed by atoms with Gasteiger partial charge in [0.25, 0.3) is 5.91 Å². The summed E-state index contributed by atoms with van der Waals surface area (Å²) >= 11 is 0. The van der Waals surface area contributed by atoms with E-state index >= 15 is 0 Å². The summed E-state index contributed by atoms with van der Waals surface area (Å²) in [6.45, 7) is -0.787. The first-order valence-corrected chi connectivity index (χ1v) is 10.5. The molecule has 0 aliphatic carbocycles. The molecule has 4 aromatic rings. The maximum absolute atomic E-state index is 13.6. The van der Waals surface area contributed by atoms with Gasteiger partial charge in [0.15, 0.2) is 0 Å². The molecular weight excluding hydrogens is 463 g/mol. The van der Waals surface area contributed by atoms with Gasteiger partial charge in [0.05, 0.1) is 18.1 Å². The van der Waals surface area contributed by atoms with Crippen molar-refractivity contribution < 1.29 is 32.2 Å². The number of para-hydroxylation sites is 2. The summed E-state index contributed by atoms with van der Waals surface area (Å²) in [4.78, 5) is 29.5. The van der Waals surface area contributed by atoms with Gasteiger partial charge in [0.2, 0.25) is 11.9 Å². The lowest BCUT2D eigenvalue weighted by atomic mass is 10.1. The molecule has 180 valence electrons. The van der Waals surface area contributed by atoms with E-state index in [1.807, 2.05) is 0 Å². The van der Waals surface area contributed by atoms with Crippen LogP contribution in [0.3, 0.4) is 0 Å². The van der Waals surface area contributed by atoms with Crippen molar-refractivity contribution in [3.63, 3.8) is 0 Å². The van der Waals surface area contributed by atoms with Crippen LogP contribution in [0.2, 0.25) is 0 Å². The highest BCUT2D eigenvalue weighted by molar-refractivity contribution is 5.96. The van der Waals surface area contributed by atoms with Crippen LogP contribution in [0, 0.1) is 0 Å². The maximum Gasteiger partial charge on any atom is 0.449 e. The summed E-state index contributed by atoms with van der Waals surface area (Å²) < 4.78 is 52.1. The highest BCUT2D eigenvalue weighted by Gasteiger charge is 2.38. The van der Waals surface area contributed by atoms with E-state index in [0.717, 1.165) is 4.57 Å². The predicted molar refractivity (Wildman–Crippen MR) is 122 cm³/mol. The molecule has 0 spiro atoms. The third kappa shape index (κ3) is 5.43. The first kappa shape index (κ1) is 23.8. The average Bonchev–Trinajstić information content (AvgIpc) is 3.22. The van der Waals surface area contributed by atoms with E-state index in [1.165, 1.54) is 19.2 Å². The molecule has 0 aliphatic rings. The molecule has 0 saturated carbocycles. The Hall–Kier alpha value is -4.34. The summed E-state index contributed by atoms with van der Waals surface area (Å²) in [6.07, 6.45) is -6.19. The van der Waals surface area contributed by atoms with Crippen LogP contribution in [0.4, 0.5) is 18.9 Å². The van der Waals surface area contributed by atoms with E-state index < -0.39 is 36.5 Å². The minimum absolute atomic E-state index is 0.0861. The molecule has 10 heteroatoms. The minimum Gasteiger partial charge on any atom is -0.497 e. The van der Waals surface area contributed by atoms with Gasteiger partial charge in [0.1, 0.15) is 12.3 Å². The molecule has 0 aliphatic heterocycles. The summed E-state index contributed by atoms with van der Waals surface area (Å²) in [5.41, 5.74) is 0.955. The highest BCUT2D eigenvalue weighted by Crippen LogP contribution is 2.32. The number of ether oxygens (including phenoxy) is 2. The van der Waals surface area contributed by atoms with E-state index in [2.05, 4.69) is 10.3 Å². The van der Waals surface area contributed by atoms with E-state index in [9.17, 15) is 22.8 Å². The van der Waals surface area contributed by atoms with Crippen LogP contribution in [0.1, 0.15) is 17.5 Å². The molecule has 1 N–H and O–H groups in total. The van der Waals surface area contributed by atoms with Crippen LogP contribution < -0.4 is 10.1 Å². The second kappa shape index (κ2) is 9.88. The minimum atomic E-state index is -4.79. The first-order valence-electron chi connectivity index (χ1n) is 10.5. The Bertz CT molecular complexity index is 1350. The summed E-state index contributed by atoms with van der Waals surface area (Å²) in [5.74, 6) is -2.44. The lowest BCUT2D eigenvalue weighted by Gasteiger charge is -2.19. The molecule has 1 aromatic heterocycles. The Balaban J connectivity index is 1.61. The van der Waals surface area contributed by atoms with E-state index in [1.54, 1.807) is 66.7 Å². The van der Waals surface area contributed by atoms with Crippen molar-refractivity contribution in [1.29, 1.82) is 0 Å². The molecule has 1 atom stereocenters. The number of rotatable bonds is 7. The van der Waals surface area contributed by atoms with E-state index in [0.29, 0.717) is 17.0 Å². The summed E-state index contributed by atoms with van der Waals surface area (Å²) in [7, 11) is 1.48. The third-order valence-electron chi connectivity index (χ3n) is 5.12. The summed E-state index contributed by atoms with van der Waals surface area (Å²) in [6, 6.07) is 20.7. The topological polar surface area (TPSA) is 82.5 Å². The molecule has 35 heavy (non-hydrogen) atoms. The fourth-order valence-corrected chi connectivity index (χ4v) is 3.56. The number of methoxy groups -OCH3 is 1. The molecule has 7 nitrogen and oxygen atoms in total. The number of alkyl halides is 3. The quantitative estimate of drug-likeness (QED) is 0.375. The first-order chi connectivity index (χ1) is 16.8. The second-order valence-corrected chi connectivity index (χ2v) is 7.51. The van der Waals surface area contributed by atoms with Crippen molar-refractivity contribution in [3.8, 4) is 5.75 Å². The van der Waals surface area contributed by atoms with Gasteiger partial charge in [-0.2, -0.15) is 13.2 Å². The molecule has 0 saturated heterocycles. The fourth-order valence-electron chi connectivity index (χ4n) is 3.56. The number of carbonyl (C=O) groups is 2.